The summed E-state index contributed by atoms with van der Waals surface area (Å²) in [5.74, 6) is 1.73. The van der Waals surface area contributed by atoms with Crippen molar-refractivity contribution in [2.45, 2.75) is 18.1 Å². The minimum atomic E-state index is -3.83. The van der Waals surface area contributed by atoms with Crippen LogP contribution in [0.5, 0.6) is 0 Å². The van der Waals surface area contributed by atoms with E-state index in [1.807, 2.05) is 17.7 Å². The van der Waals surface area contributed by atoms with E-state index in [0.717, 1.165) is 17.2 Å². The van der Waals surface area contributed by atoms with Gasteiger partial charge >= 0.3 is 0 Å². The third kappa shape index (κ3) is 4.90. The number of carbonyl (C=O) groups is 1. The molecule has 1 amide bonds. The highest BCUT2D eigenvalue weighted by atomic mass is 32.2. The predicted molar refractivity (Wildman–Crippen MR) is 121 cm³/mol. The highest BCUT2D eigenvalue weighted by molar-refractivity contribution is 7.94. The van der Waals surface area contributed by atoms with Crippen LogP contribution in [0.3, 0.4) is 0 Å². The Morgan fingerprint density at radius 3 is 2.50 bits per heavy atom. The number of benzene rings is 1. The summed E-state index contributed by atoms with van der Waals surface area (Å²) < 4.78 is 29.4. The van der Waals surface area contributed by atoms with Crippen molar-refractivity contribution in [1.82, 2.24) is 24.5 Å². The van der Waals surface area contributed by atoms with Crippen molar-refractivity contribution in [2.75, 3.05) is 15.4 Å². The molecule has 11 nitrogen and oxygen atoms in total. The molecule has 0 saturated heterocycles. The Labute approximate surface area is 187 Å². The van der Waals surface area contributed by atoms with Gasteiger partial charge in [-0.05, 0) is 31.2 Å². The van der Waals surface area contributed by atoms with E-state index >= 15 is 0 Å². The zero-order chi connectivity index (χ0) is 22.7. The molecule has 0 spiro atoms. The lowest BCUT2D eigenvalue weighted by molar-refractivity contribution is -0.114. The molecule has 0 saturated carbocycles. The highest BCUT2D eigenvalue weighted by Gasteiger charge is 2.18. The van der Waals surface area contributed by atoms with Crippen LogP contribution in [0.15, 0.2) is 59.5 Å². The number of rotatable bonds is 7. The molecular weight excluding hydrogens is 452 g/mol. The van der Waals surface area contributed by atoms with E-state index in [-0.39, 0.29) is 15.2 Å². The number of carbonyl (C=O) groups excluding carboxylic acids is 1. The lowest BCUT2D eigenvalue weighted by atomic mass is 10.3. The minimum Gasteiger partial charge on any atom is -0.340 e. The van der Waals surface area contributed by atoms with Crippen molar-refractivity contribution < 1.29 is 13.2 Å². The van der Waals surface area contributed by atoms with Gasteiger partial charge in [-0.15, -0.1) is 0 Å². The molecule has 32 heavy (non-hydrogen) atoms. The number of nitrogens with one attached hydrogen (secondary N) is 3. The standard InChI is InChI=1S/C19H18N8O3S2/c1-12-20-7-8-27(12)17-9-16(22-11-23-17)25-14-3-5-15(6-4-14)26-32(29,30)18-10-21-19(31-18)24-13(2)28/h3-11,26H,1-2H3,(H,21,24,28)(H,22,23,25). The summed E-state index contributed by atoms with van der Waals surface area (Å²) in [5.41, 5.74) is 1.09. The van der Waals surface area contributed by atoms with Crippen molar-refractivity contribution in [2.24, 2.45) is 0 Å². The van der Waals surface area contributed by atoms with Gasteiger partial charge < -0.3 is 10.6 Å². The van der Waals surface area contributed by atoms with Gasteiger partial charge in [-0.1, -0.05) is 11.3 Å². The van der Waals surface area contributed by atoms with Crippen LogP contribution in [0, 0.1) is 6.92 Å². The minimum absolute atomic E-state index is 0.00763. The van der Waals surface area contributed by atoms with E-state index in [1.54, 1.807) is 36.5 Å². The molecule has 0 radical (unpaired) electrons. The molecule has 3 heterocycles. The topological polar surface area (TPSA) is 144 Å². The second kappa shape index (κ2) is 8.72. The fourth-order valence-corrected chi connectivity index (χ4v) is 4.87. The van der Waals surface area contributed by atoms with Crippen LogP contribution in [0.1, 0.15) is 12.7 Å². The van der Waals surface area contributed by atoms with E-state index in [0.29, 0.717) is 23.0 Å². The number of aromatic nitrogens is 5. The van der Waals surface area contributed by atoms with Gasteiger partial charge in [0.25, 0.3) is 10.0 Å². The summed E-state index contributed by atoms with van der Waals surface area (Å²) >= 11 is 0.867. The number of sulfonamides is 1. The summed E-state index contributed by atoms with van der Waals surface area (Å²) in [5, 5.41) is 5.83. The lowest BCUT2D eigenvalue weighted by Crippen LogP contribution is -2.11. The van der Waals surface area contributed by atoms with Gasteiger partial charge in [0.2, 0.25) is 5.91 Å². The first-order valence-electron chi connectivity index (χ1n) is 9.26. The van der Waals surface area contributed by atoms with Crippen molar-refractivity contribution in [3.63, 3.8) is 0 Å². The summed E-state index contributed by atoms with van der Waals surface area (Å²) in [6, 6.07) is 8.46. The Hall–Kier alpha value is -3.84. The monoisotopic (exact) mass is 470 g/mol. The van der Waals surface area contributed by atoms with Gasteiger partial charge in [-0.2, -0.15) is 0 Å². The Bertz CT molecular complexity index is 1360. The molecule has 0 aliphatic rings. The van der Waals surface area contributed by atoms with E-state index in [2.05, 4.69) is 35.3 Å². The van der Waals surface area contributed by atoms with Gasteiger partial charge in [-0.3, -0.25) is 14.1 Å². The average Bonchev–Trinajstić information content (AvgIpc) is 3.38. The van der Waals surface area contributed by atoms with E-state index in [1.165, 1.54) is 19.4 Å². The first-order valence-corrected chi connectivity index (χ1v) is 11.6. The molecule has 4 aromatic rings. The number of amides is 1. The Balaban J connectivity index is 1.45. The maximum atomic E-state index is 12.6. The predicted octanol–water partition coefficient (Wildman–Crippen LogP) is 2.93. The Morgan fingerprint density at radius 2 is 1.81 bits per heavy atom. The van der Waals surface area contributed by atoms with E-state index < -0.39 is 10.0 Å². The van der Waals surface area contributed by atoms with Crippen LogP contribution in [0.25, 0.3) is 5.82 Å². The van der Waals surface area contributed by atoms with Crippen molar-refractivity contribution >= 4 is 49.6 Å². The van der Waals surface area contributed by atoms with E-state index in [9.17, 15) is 13.2 Å². The van der Waals surface area contributed by atoms with Crippen molar-refractivity contribution in [1.29, 1.82) is 0 Å². The first kappa shape index (κ1) is 21.4. The van der Waals surface area contributed by atoms with Crippen LogP contribution >= 0.6 is 11.3 Å². The van der Waals surface area contributed by atoms with Crippen LogP contribution < -0.4 is 15.4 Å². The van der Waals surface area contributed by atoms with Gasteiger partial charge in [0.1, 0.15) is 23.8 Å². The fraction of sp³-hybridized carbons (Fsp3) is 0.105. The SMILES string of the molecule is CC(=O)Nc1ncc(S(=O)(=O)Nc2ccc(Nc3cc(-n4ccnc4C)ncn3)cc2)s1. The smallest absolute Gasteiger partial charge is 0.273 e. The summed E-state index contributed by atoms with van der Waals surface area (Å²) in [7, 11) is -3.83. The molecule has 0 aliphatic heterocycles. The third-order valence-corrected chi connectivity index (χ3v) is 6.92. The molecule has 0 atom stereocenters. The molecule has 0 aliphatic carbocycles. The second-order valence-electron chi connectivity index (χ2n) is 6.58. The number of imidazole rings is 1. The maximum absolute atomic E-state index is 12.6. The average molecular weight is 471 g/mol. The number of nitrogens with zero attached hydrogens (tertiary/aromatic N) is 5. The quantitative estimate of drug-likeness (QED) is 0.374. The van der Waals surface area contributed by atoms with Crippen LogP contribution in [-0.4, -0.2) is 38.8 Å². The van der Waals surface area contributed by atoms with Gasteiger partial charge in [0, 0.05) is 36.8 Å². The number of anilines is 4. The van der Waals surface area contributed by atoms with E-state index in [4.69, 9.17) is 0 Å². The van der Waals surface area contributed by atoms with Crippen LogP contribution in [0.4, 0.5) is 22.3 Å². The number of hydrogen-bond acceptors (Lipinski definition) is 9. The Kier molecular flexibility index (Phi) is 5.83. The van der Waals surface area contributed by atoms with Crippen LogP contribution in [0.2, 0.25) is 0 Å². The normalized spacial score (nSPS) is 11.2. The molecule has 3 N–H and O–H groups in total. The summed E-state index contributed by atoms with van der Waals surface area (Å²) in [6.45, 7) is 3.20. The third-order valence-electron chi connectivity index (χ3n) is 4.17. The van der Waals surface area contributed by atoms with Crippen LogP contribution in [-0.2, 0) is 14.8 Å². The van der Waals surface area contributed by atoms with Gasteiger partial charge in [0.05, 0.1) is 6.20 Å². The maximum Gasteiger partial charge on any atom is 0.273 e. The summed E-state index contributed by atoms with van der Waals surface area (Å²) in [6.07, 6.45) is 6.15. The number of hydrogen-bond donors (Lipinski definition) is 3. The molecule has 13 heteroatoms. The molecule has 0 fully saturated rings. The number of aryl methyl sites for hydroxylation is 1. The zero-order valence-electron chi connectivity index (χ0n) is 17.0. The second-order valence-corrected chi connectivity index (χ2v) is 9.52. The lowest BCUT2D eigenvalue weighted by Gasteiger charge is -2.10. The van der Waals surface area contributed by atoms with Gasteiger partial charge in [-0.25, -0.2) is 28.4 Å². The highest BCUT2D eigenvalue weighted by Crippen LogP contribution is 2.26. The molecule has 164 valence electrons. The molecule has 0 bridgehead atoms. The van der Waals surface area contributed by atoms with Gasteiger partial charge in [0.15, 0.2) is 9.34 Å². The first-order chi connectivity index (χ1) is 15.3. The summed E-state index contributed by atoms with van der Waals surface area (Å²) in [4.78, 5) is 27.6. The zero-order valence-corrected chi connectivity index (χ0v) is 18.6. The largest absolute Gasteiger partial charge is 0.340 e. The molecule has 0 unspecified atom stereocenters. The van der Waals surface area contributed by atoms with Crippen molar-refractivity contribution in [3.8, 4) is 5.82 Å². The molecule has 3 aromatic heterocycles. The Morgan fingerprint density at radius 1 is 1.06 bits per heavy atom. The van der Waals surface area contributed by atoms with Crippen molar-refractivity contribution in [3.05, 3.63) is 61.1 Å². The molecule has 1 aromatic carbocycles. The molecular formula is C19H18N8O3S2. The molecule has 4 rings (SSSR count). The number of thiazole rings is 1. The fourth-order valence-electron chi connectivity index (χ4n) is 2.73.